The van der Waals surface area contributed by atoms with Crippen molar-refractivity contribution in [2.45, 2.75) is 17.9 Å². The van der Waals surface area contributed by atoms with E-state index < -0.39 is 29.6 Å². The average molecular weight is 459 g/mol. The van der Waals surface area contributed by atoms with Gasteiger partial charge in [0.1, 0.15) is 5.92 Å². The van der Waals surface area contributed by atoms with Crippen LogP contribution in [-0.2, 0) is 0 Å². The van der Waals surface area contributed by atoms with Crippen molar-refractivity contribution in [2.24, 2.45) is 5.92 Å². The number of hydrogen-bond acceptors (Lipinski definition) is 3. The number of rotatable bonds is 3. The Balaban J connectivity index is 2.15. The minimum atomic E-state index is -5.14. The Morgan fingerprint density at radius 2 is 1.70 bits per heavy atom. The van der Waals surface area contributed by atoms with Crippen LogP contribution >= 0.6 is 28.1 Å². The van der Waals surface area contributed by atoms with Gasteiger partial charge in [0.05, 0.1) is 6.04 Å². The lowest BCUT2D eigenvalue weighted by molar-refractivity contribution is -0.285. The maximum Gasteiger partial charge on any atom is 0.437 e. The van der Waals surface area contributed by atoms with Crippen LogP contribution in [0.25, 0.3) is 0 Å². The van der Waals surface area contributed by atoms with Gasteiger partial charge in [0.25, 0.3) is 0 Å². The fraction of sp³-hybridized carbons (Fsp3) is 0.222. The first kappa shape index (κ1) is 19.8. The highest BCUT2D eigenvalue weighted by Crippen LogP contribution is 2.44. The van der Waals surface area contributed by atoms with Gasteiger partial charge < -0.3 is 15.7 Å². The second kappa shape index (κ2) is 7.21. The summed E-state index contributed by atoms with van der Waals surface area (Å²) in [4.78, 5) is 13.0. The van der Waals surface area contributed by atoms with Gasteiger partial charge in [-0.3, -0.25) is 4.79 Å². The van der Waals surface area contributed by atoms with Gasteiger partial charge in [-0.25, -0.2) is 0 Å². The average Bonchev–Trinajstić information content (AvgIpc) is 2.61. The molecule has 0 aliphatic carbocycles. The van der Waals surface area contributed by atoms with Crippen molar-refractivity contribution >= 4 is 39.0 Å². The van der Waals surface area contributed by atoms with Crippen LogP contribution in [0.5, 0.6) is 0 Å². The molecule has 4 nitrogen and oxygen atoms in total. The molecule has 3 rings (SSSR count). The topological polar surface area (TPSA) is 61.4 Å². The predicted molar refractivity (Wildman–Crippen MR) is 101 cm³/mol. The molecule has 0 bridgehead atoms. The van der Waals surface area contributed by atoms with E-state index in [0.29, 0.717) is 5.56 Å². The maximum absolute atomic E-state index is 13.8. The van der Waals surface area contributed by atoms with E-state index in [4.69, 9.17) is 12.2 Å². The summed E-state index contributed by atoms with van der Waals surface area (Å²) in [6.45, 7) is 0. The lowest BCUT2D eigenvalue weighted by atomic mass is 9.77. The second-order valence-electron chi connectivity index (χ2n) is 6.10. The molecule has 3 atom stereocenters. The van der Waals surface area contributed by atoms with Crippen LogP contribution in [-0.4, -0.2) is 27.9 Å². The lowest BCUT2D eigenvalue weighted by Crippen LogP contribution is -2.72. The number of alkyl halides is 3. The van der Waals surface area contributed by atoms with Crippen molar-refractivity contribution in [1.82, 2.24) is 10.6 Å². The van der Waals surface area contributed by atoms with Gasteiger partial charge >= 0.3 is 6.18 Å². The summed E-state index contributed by atoms with van der Waals surface area (Å²) in [6.07, 6.45) is -5.14. The van der Waals surface area contributed by atoms with Crippen LogP contribution in [0.3, 0.4) is 0 Å². The Morgan fingerprint density at radius 1 is 1.11 bits per heavy atom. The summed E-state index contributed by atoms with van der Waals surface area (Å²) in [6, 6.07) is 12.8. The van der Waals surface area contributed by atoms with Crippen LogP contribution in [0, 0.1) is 5.92 Å². The molecule has 0 spiro atoms. The molecule has 1 heterocycles. The minimum absolute atomic E-state index is 0.0590. The normalized spacial score (nSPS) is 25.4. The molecule has 3 N–H and O–H groups in total. The first-order valence-electron chi connectivity index (χ1n) is 7.86. The van der Waals surface area contributed by atoms with E-state index in [1.165, 1.54) is 12.1 Å². The van der Waals surface area contributed by atoms with Crippen molar-refractivity contribution in [2.75, 3.05) is 0 Å². The number of halogens is 4. The highest BCUT2D eigenvalue weighted by atomic mass is 79.9. The molecule has 0 saturated carbocycles. The van der Waals surface area contributed by atoms with E-state index in [9.17, 15) is 23.1 Å². The highest BCUT2D eigenvalue weighted by Gasteiger charge is 2.65. The largest absolute Gasteiger partial charge is 0.437 e. The third-order valence-corrected chi connectivity index (χ3v) is 5.12. The fourth-order valence-electron chi connectivity index (χ4n) is 3.07. The van der Waals surface area contributed by atoms with E-state index in [-0.39, 0.29) is 10.7 Å². The zero-order chi connectivity index (χ0) is 19.8. The molecule has 1 aliphatic rings. The van der Waals surface area contributed by atoms with Gasteiger partial charge in [-0.05, 0) is 29.9 Å². The van der Waals surface area contributed by atoms with Gasteiger partial charge in [-0.1, -0.05) is 58.4 Å². The second-order valence-corrected chi connectivity index (χ2v) is 7.42. The van der Waals surface area contributed by atoms with E-state index in [1.807, 2.05) is 5.32 Å². The first-order chi connectivity index (χ1) is 12.6. The molecule has 0 unspecified atom stereocenters. The molecule has 0 radical (unpaired) electrons. The summed E-state index contributed by atoms with van der Waals surface area (Å²) < 4.78 is 42.2. The minimum Gasteiger partial charge on any atom is -0.363 e. The van der Waals surface area contributed by atoms with Crippen LogP contribution in [0.4, 0.5) is 13.2 Å². The molecule has 142 valence electrons. The number of benzene rings is 2. The standard InChI is InChI=1S/C18H14BrF3N2O2S/c19-12-8-6-10(7-9-12)14-13(15(25)11-4-2-1-3-5-11)17(26,18(20,21)22)24-16(27)23-14/h1-9,13-14,26H,(H2,23,24,27)/t13-,14-,17+/m0/s1. The van der Waals surface area contributed by atoms with E-state index >= 15 is 0 Å². The fourth-order valence-corrected chi connectivity index (χ4v) is 3.62. The number of carbonyl (C=O) groups is 1. The Bertz CT molecular complexity index is 861. The summed E-state index contributed by atoms with van der Waals surface area (Å²) in [5, 5.41) is 14.7. The zero-order valence-electron chi connectivity index (χ0n) is 13.6. The quantitative estimate of drug-likeness (QED) is 0.483. The Kier molecular flexibility index (Phi) is 5.29. The maximum atomic E-state index is 13.8. The van der Waals surface area contributed by atoms with E-state index in [1.54, 1.807) is 42.5 Å². The lowest BCUT2D eigenvalue weighted by Gasteiger charge is -2.46. The number of Topliss-reactive ketones (excluding diaryl/α,β-unsaturated/α-hetero) is 1. The van der Waals surface area contributed by atoms with Crippen molar-refractivity contribution in [3.05, 3.63) is 70.2 Å². The first-order valence-corrected chi connectivity index (χ1v) is 9.06. The van der Waals surface area contributed by atoms with Crippen molar-refractivity contribution in [3.63, 3.8) is 0 Å². The van der Waals surface area contributed by atoms with Gasteiger partial charge in [0, 0.05) is 10.0 Å². The molecular formula is C18H14BrF3N2O2S. The predicted octanol–water partition coefficient (Wildman–Crippen LogP) is 3.72. The molecule has 0 amide bonds. The summed E-state index contributed by atoms with van der Waals surface area (Å²) in [5.74, 6) is -2.75. The third-order valence-electron chi connectivity index (χ3n) is 4.38. The number of hydrogen-bond donors (Lipinski definition) is 3. The van der Waals surface area contributed by atoms with Crippen LogP contribution in [0.15, 0.2) is 59.1 Å². The van der Waals surface area contributed by atoms with Gasteiger partial charge in [-0.2, -0.15) is 13.2 Å². The molecule has 0 aromatic heterocycles. The van der Waals surface area contributed by atoms with Crippen LogP contribution < -0.4 is 10.6 Å². The van der Waals surface area contributed by atoms with Crippen LogP contribution in [0.1, 0.15) is 22.0 Å². The molecule has 2 aromatic rings. The molecule has 9 heteroatoms. The molecule has 2 aromatic carbocycles. The molecule has 1 saturated heterocycles. The van der Waals surface area contributed by atoms with Crippen molar-refractivity contribution in [3.8, 4) is 0 Å². The Labute approximate surface area is 166 Å². The Hall–Kier alpha value is -1.97. The SMILES string of the molecule is O=C(c1ccccc1)[C@@H]1[C@H](c2ccc(Br)cc2)NC(=S)N[C@]1(O)C(F)(F)F. The highest BCUT2D eigenvalue weighted by molar-refractivity contribution is 9.10. The molecule has 27 heavy (non-hydrogen) atoms. The molecule has 1 aliphatic heterocycles. The van der Waals surface area contributed by atoms with Crippen molar-refractivity contribution < 1.29 is 23.1 Å². The number of thiocarbonyl (C=S) groups is 1. The monoisotopic (exact) mass is 458 g/mol. The van der Waals surface area contributed by atoms with Gasteiger partial charge in [-0.15, -0.1) is 0 Å². The van der Waals surface area contributed by atoms with Gasteiger partial charge in [0.15, 0.2) is 10.9 Å². The summed E-state index contributed by atoms with van der Waals surface area (Å²) in [7, 11) is 0. The number of ketones is 1. The molecule has 1 fully saturated rings. The summed E-state index contributed by atoms with van der Waals surface area (Å²) in [5.41, 5.74) is -3.07. The van der Waals surface area contributed by atoms with E-state index in [0.717, 1.165) is 4.47 Å². The van der Waals surface area contributed by atoms with Crippen LogP contribution in [0.2, 0.25) is 0 Å². The van der Waals surface area contributed by atoms with Crippen molar-refractivity contribution in [1.29, 1.82) is 0 Å². The molecular weight excluding hydrogens is 445 g/mol. The number of nitrogens with one attached hydrogen (secondary N) is 2. The number of carbonyl (C=O) groups excluding carboxylic acids is 1. The van der Waals surface area contributed by atoms with E-state index in [2.05, 4.69) is 21.2 Å². The van der Waals surface area contributed by atoms with Gasteiger partial charge in [0.2, 0.25) is 5.72 Å². The third kappa shape index (κ3) is 3.71. The number of aliphatic hydroxyl groups is 1. The summed E-state index contributed by atoms with van der Waals surface area (Å²) >= 11 is 8.14. The smallest absolute Gasteiger partial charge is 0.363 e. The zero-order valence-corrected chi connectivity index (χ0v) is 16.0. The Morgan fingerprint density at radius 3 is 2.26 bits per heavy atom.